The van der Waals surface area contributed by atoms with E-state index in [1.165, 1.54) is 0 Å². The number of likely N-dealkylation sites (tertiary alicyclic amines) is 1. The number of nitrogens with zero attached hydrogens (tertiary/aromatic N) is 5. The SMILES string of the molecule is O=C(c1ncccn1)N1CC(n2cc(Br)cn2)C1. The van der Waals surface area contributed by atoms with Gasteiger partial charge in [0.1, 0.15) is 0 Å². The van der Waals surface area contributed by atoms with Crippen LogP contribution in [0.2, 0.25) is 0 Å². The number of amides is 1. The lowest BCUT2D eigenvalue weighted by atomic mass is 10.1. The number of carbonyl (C=O) groups is 1. The molecule has 1 saturated heterocycles. The third-order valence-electron chi connectivity index (χ3n) is 2.85. The Morgan fingerprint density at radius 3 is 2.67 bits per heavy atom. The Morgan fingerprint density at radius 2 is 2.06 bits per heavy atom. The molecule has 0 unspecified atom stereocenters. The largest absolute Gasteiger partial charge is 0.331 e. The molecule has 1 amide bonds. The molecule has 0 aromatic carbocycles. The van der Waals surface area contributed by atoms with E-state index in [0.29, 0.717) is 13.1 Å². The van der Waals surface area contributed by atoms with E-state index in [-0.39, 0.29) is 17.8 Å². The molecule has 3 rings (SSSR count). The number of aromatic nitrogens is 4. The monoisotopic (exact) mass is 307 g/mol. The molecule has 0 N–H and O–H groups in total. The standard InChI is InChI=1S/C11H10BrN5O/c12-8-4-15-17(5-8)9-6-16(7-9)11(18)10-13-2-1-3-14-10/h1-5,9H,6-7H2. The summed E-state index contributed by atoms with van der Waals surface area (Å²) in [6, 6.07) is 1.93. The van der Waals surface area contributed by atoms with Gasteiger partial charge in [-0.25, -0.2) is 9.97 Å². The fourth-order valence-corrected chi connectivity index (χ4v) is 2.16. The van der Waals surface area contributed by atoms with E-state index in [1.54, 1.807) is 29.6 Å². The van der Waals surface area contributed by atoms with E-state index in [4.69, 9.17) is 0 Å². The van der Waals surface area contributed by atoms with Gasteiger partial charge in [-0.05, 0) is 22.0 Å². The number of hydrogen-bond donors (Lipinski definition) is 0. The summed E-state index contributed by atoms with van der Waals surface area (Å²) in [7, 11) is 0. The van der Waals surface area contributed by atoms with E-state index in [9.17, 15) is 4.79 Å². The molecule has 92 valence electrons. The first-order valence-electron chi connectivity index (χ1n) is 5.50. The van der Waals surface area contributed by atoms with E-state index >= 15 is 0 Å². The second-order valence-corrected chi connectivity index (χ2v) is 4.99. The minimum atomic E-state index is -0.127. The van der Waals surface area contributed by atoms with Crippen LogP contribution in [0.15, 0.2) is 35.3 Å². The van der Waals surface area contributed by atoms with Crippen LogP contribution in [0.4, 0.5) is 0 Å². The lowest BCUT2D eigenvalue weighted by molar-refractivity contribution is 0.0489. The van der Waals surface area contributed by atoms with E-state index in [2.05, 4.69) is 31.0 Å². The molecule has 0 saturated carbocycles. The molecule has 0 spiro atoms. The molecule has 2 aromatic rings. The van der Waals surface area contributed by atoms with Gasteiger partial charge in [0, 0.05) is 31.7 Å². The Balaban J connectivity index is 1.64. The first-order valence-corrected chi connectivity index (χ1v) is 6.29. The minimum absolute atomic E-state index is 0.127. The highest BCUT2D eigenvalue weighted by atomic mass is 79.9. The minimum Gasteiger partial charge on any atom is -0.331 e. The molecule has 1 aliphatic heterocycles. The fraction of sp³-hybridized carbons (Fsp3) is 0.273. The smallest absolute Gasteiger partial charge is 0.291 e. The van der Waals surface area contributed by atoms with Crippen molar-refractivity contribution in [3.05, 3.63) is 41.2 Å². The highest BCUT2D eigenvalue weighted by molar-refractivity contribution is 9.10. The highest BCUT2D eigenvalue weighted by Crippen LogP contribution is 2.23. The fourth-order valence-electron chi connectivity index (χ4n) is 1.85. The van der Waals surface area contributed by atoms with Crippen LogP contribution in [-0.4, -0.2) is 43.6 Å². The van der Waals surface area contributed by atoms with Gasteiger partial charge in [-0.3, -0.25) is 9.48 Å². The second kappa shape index (κ2) is 4.49. The van der Waals surface area contributed by atoms with E-state index in [0.717, 1.165) is 4.47 Å². The summed E-state index contributed by atoms with van der Waals surface area (Å²) in [4.78, 5) is 21.6. The summed E-state index contributed by atoms with van der Waals surface area (Å²) < 4.78 is 2.80. The maximum atomic E-state index is 12.0. The lowest BCUT2D eigenvalue weighted by Gasteiger charge is -2.38. The summed E-state index contributed by atoms with van der Waals surface area (Å²) in [6.07, 6.45) is 6.79. The predicted octanol–water partition coefficient (Wildman–Crippen LogP) is 1.13. The summed E-state index contributed by atoms with van der Waals surface area (Å²) in [6.45, 7) is 1.29. The molecule has 1 fully saturated rings. The molecular formula is C11H10BrN5O. The van der Waals surface area contributed by atoms with Crippen molar-refractivity contribution in [1.29, 1.82) is 0 Å². The predicted molar refractivity (Wildman–Crippen MR) is 66.9 cm³/mol. The van der Waals surface area contributed by atoms with Crippen molar-refractivity contribution >= 4 is 21.8 Å². The first kappa shape index (κ1) is 11.3. The number of hydrogen-bond acceptors (Lipinski definition) is 4. The van der Waals surface area contributed by atoms with Gasteiger partial charge in [-0.15, -0.1) is 0 Å². The normalized spacial score (nSPS) is 15.5. The molecule has 0 atom stereocenters. The third kappa shape index (κ3) is 2.01. The summed E-state index contributed by atoms with van der Waals surface area (Å²) in [5.74, 6) is 0.121. The van der Waals surface area contributed by atoms with Crippen LogP contribution in [0.3, 0.4) is 0 Å². The lowest BCUT2D eigenvalue weighted by Crippen LogP contribution is -2.51. The van der Waals surface area contributed by atoms with Crippen LogP contribution in [0.25, 0.3) is 0 Å². The van der Waals surface area contributed by atoms with Gasteiger partial charge in [0.25, 0.3) is 5.91 Å². The number of halogens is 1. The molecule has 7 heteroatoms. The molecule has 2 aromatic heterocycles. The Labute approximate surface area is 112 Å². The Hall–Kier alpha value is -1.76. The van der Waals surface area contributed by atoms with Crippen LogP contribution in [0.5, 0.6) is 0 Å². The van der Waals surface area contributed by atoms with Crippen LogP contribution in [0.1, 0.15) is 16.7 Å². The zero-order valence-electron chi connectivity index (χ0n) is 9.40. The third-order valence-corrected chi connectivity index (χ3v) is 3.26. The average Bonchev–Trinajstić information content (AvgIpc) is 2.75. The van der Waals surface area contributed by atoms with Crippen molar-refractivity contribution in [2.24, 2.45) is 0 Å². The van der Waals surface area contributed by atoms with Gasteiger partial charge >= 0.3 is 0 Å². The van der Waals surface area contributed by atoms with Crippen molar-refractivity contribution in [2.75, 3.05) is 13.1 Å². The van der Waals surface area contributed by atoms with Crippen molar-refractivity contribution in [2.45, 2.75) is 6.04 Å². The zero-order valence-corrected chi connectivity index (χ0v) is 11.0. The maximum Gasteiger partial charge on any atom is 0.291 e. The van der Waals surface area contributed by atoms with Crippen LogP contribution >= 0.6 is 15.9 Å². The molecule has 0 aliphatic carbocycles. The second-order valence-electron chi connectivity index (χ2n) is 4.07. The molecule has 1 aliphatic rings. The van der Waals surface area contributed by atoms with Gasteiger partial charge in [0.2, 0.25) is 5.82 Å². The van der Waals surface area contributed by atoms with Gasteiger partial charge in [-0.2, -0.15) is 5.10 Å². The molecule has 18 heavy (non-hydrogen) atoms. The quantitative estimate of drug-likeness (QED) is 0.834. The van der Waals surface area contributed by atoms with Crippen LogP contribution in [-0.2, 0) is 0 Å². The molecule has 0 bridgehead atoms. The van der Waals surface area contributed by atoms with E-state index < -0.39 is 0 Å². The Bertz CT molecular complexity index is 564. The van der Waals surface area contributed by atoms with Crippen molar-refractivity contribution < 1.29 is 4.79 Å². The summed E-state index contributed by atoms with van der Waals surface area (Å²) >= 11 is 3.35. The molecular weight excluding hydrogens is 298 g/mol. The van der Waals surface area contributed by atoms with Gasteiger partial charge < -0.3 is 4.90 Å². The van der Waals surface area contributed by atoms with Crippen molar-refractivity contribution in [3.63, 3.8) is 0 Å². The van der Waals surface area contributed by atoms with Crippen LogP contribution < -0.4 is 0 Å². The topological polar surface area (TPSA) is 63.9 Å². The summed E-state index contributed by atoms with van der Waals surface area (Å²) in [5.41, 5.74) is 0. The maximum absolute atomic E-state index is 12.0. The molecule has 0 radical (unpaired) electrons. The Kier molecular flexibility index (Phi) is 2.83. The molecule has 6 nitrogen and oxygen atoms in total. The Morgan fingerprint density at radius 1 is 1.33 bits per heavy atom. The van der Waals surface area contributed by atoms with Crippen LogP contribution in [0, 0.1) is 0 Å². The van der Waals surface area contributed by atoms with Gasteiger partial charge in [-0.1, -0.05) is 0 Å². The number of rotatable bonds is 2. The van der Waals surface area contributed by atoms with Crippen molar-refractivity contribution in [1.82, 2.24) is 24.6 Å². The van der Waals surface area contributed by atoms with E-state index in [1.807, 2.05) is 10.9 Å². The molecule has 3 heterocycles. The zero-order chi connectivity index (χ0) is 12.5. The first-order chi connectivity index (χ1) is 8.74. The highest BCUT2D eigenvalue weighted by Gasteiger charge is 2.33. The van der Waals surface area contributed by atoms with Crippen molar-refractivity contribution in [3.8, 4) is 0 Å². The summed E-state index contributed by atoms with van der Waals surface area (Å²) in [5, 5.41) is 4.20. The van der Waals surface area contributed by atoms with Gasteiger partial charge in [0.05, 0.1) is 16.7 Å². The average molecular weight is 308 g/mol. The van der Waals surface area contributed by atoms with Gasteiger partial charge in [0.15, 0.2) is 0 Å². The number of carbonyl (C=O) groups excluding carboxylic acids is 1.